The lowest BCUT2D eigenvalue weighted by Gasteiger charge is -2.17. The number of benzene rings is 1. The number of anilines is 1. The fourth-order valence-corrected chi connectivity index (χ4v) is 3.80. The second-order valence-electron chi connectivity index (χ2n) is 6.62. The summed E-state index contributed by atoms with van der Waals surface area (Å²) < 4.78 is 0. The third-order valence-corrected chi connectivity index (χ3v) is 5.15. The molecule has 2 unspecified atom stereocenters. The van der Waals surface area contributed by atoms with Crippen molar-refractivity contribution in [3.63, 3.8) is 0 Å². The Morgan fingerprint density at radius 1 is 1.20 bits per heavy atom. The molecule has 108 valence electrons. The first-order valence-corrected chi connectivity index (χ1v) is 8.20. The third kappa shape index (κ3) is 2.57. The van der Waals surface area contributed by atoms with Gasteiger partial charge in [-0.25, -0.2) is 0 Å². The van der Waals surface area contributed by atoms with E-state index in [1.54, 1.807) is 0 Å². The molecule has 1 aliphatic carbocycles. The van der Waals surface area contributed by atoms with Crippen LogP contribution in [0.1, 0.15) is 37.2 Å². The maximum atomic E-state index is 3.78. The Kier molecular flexibility index (Phi) is 3.41. The molecule has 3 aliphatic rings. The van der Waals surface area contributed by atoms with E-state index in [1.807, 2.05) is 0 Å². The highest BCUT2D eigenvalue weighted by Gasteiger charge is 2.34. The first-order valence-electron chi connectivity index (χ1n) is 8.20. The Bertz CT molecular complexity index is 469. The fraction of sp³-hybridized carbons (Fsp3) is 0.647. The smallest absolute Gasteiger partial charge is 0.0376 e. The summed E-state index contributed by atoms with van der Waals surface area (Å²) in [4.78, 5) is 2.68. The van der Waals surface area contributed by atoms with E-state index in [1.165, 1.54) is 50.0 Å². The van der Waals surface area contributed by atoms with Crippen LogP contribution < -0.4 is 10.6 Å². The van der Waals surface area contributed by atoms with Crippen LogP contribution in [0.4, 0.5) is 5.69 Å². The van der Waals surface area contributed by atoms with Crippen molar-refractivity contribution in [2.75, 3.05) is 31.5 Å². The molecule has 2 N–H and O–H groups in total. The number of rotatable bonds is 5. The average molecular weight is 271 g/mol. The van der Waals surface area contributed by atoms with E-state index in [-0.39, 0.29) is 0 Å². The van der Waals surface area contributed by atoms with E-state index in [0.717, 1.165) is 25.2 Å². The number of para-hydroxylation sites is 1. The van der Waals surface area contributed by atoms with Gasteiger partial charge >= 0.3 is 0 Å². The quantitative estimate of drug-likeness (QED) is 0.861. The molecule has 3 nitrogen and oxygen atoms in total. The van der Waals surface area contributed by atoms with Gasteiger partial charge in [0.05, 0.1) is 0 Å². The van der Waals surface area contributed by atoms with Crippen molar-refractivity contribution >= 4 is 5.69 Å². The molecule has 1 saturated carbocycles. The second kappa shape index (κ2) is 5.38. The molecule has 2 heterocycles. The summed E-state index contributed by atoms with van der Waals surface area (Å²) in [5.74, 6) is 0.694. The topological polar surface area (TPSA) is 27.3 Å². The van der Waals surface area contributed by atoms with E-state index < -0.39 is 0 Å². The fourth-order valence-electron chi connectivity index (χ4n) is 3.80. The van der Waals surface area contributed by atoms with Gasteiger partial charge in [-0.15, -0.1) is 0 Å². The van der Waals surface area contributed by atoms with Crippen molar-refractivity contribution in [3.05, 3.63) is 29.8 Å². The van der Waals surface area contributed by atoms with Crippen molar-refractivity contribution in [1.82, 2.24) is 10.2 Å². The minimum Gasteiger partial charge on any atom is -0.384 e. The van der Waals surface area contributed by atoms with E-state index >= 15 is 0 Å². The molecule has 20 heavy (non-hydrogen) atoms. The molecule has 2 aliphatic heterocycles. The minimum atomic E-state index is 0.694. The van der Waals surface area contributed by atoms with Gasteiger partial charge in [0, 0.05) is 43.3 Å². The molecule has 0 bridgehead atoms. The van der Waals surface area contributed by atoms with Gasteiger partial charge < -0.3 is 10.6 Å². The number of nitrogens with one attached hydrogen (secondary N) is 2. The van der Waals surface area contributed by atoms with Crippen LogP contribution in [0.15, 0.2) is 24.3 Å². The molecule has 1 aromatic carbocycles. The molecule has 1 aromatic rings. The number of fused-ring (bicyclic) bond motifs is 1. The Labute approximate surface area is 121 Å². The van der Waals surface area contributed by atoms with Crippen molar-refractivity contribution in [1.29, 1.82) is 0 Å². The van der Waals surface area contributed by atoms with Crippen LogP contribution in [0.25, 0.3) is 0 Å². The standard InChI is InChI=1S/C17H25N3/c1-2-4-17-16(3-1)13(11-19-17)7-9-18-14-8-10-20(12-14)15-5-6-15/h1-4,13-15,18-19H,5-12H2. The predicted molar refractivity (Wildman–Crippen MR) is 83.3 cm³/mol. The maximum Gasteiger partial charge on any atom is 0.0376 e. The number of likely N-dealkylation sites (tertiary alicyclic amines) is 1. The summed E-state index contributed by atoms with van der Waals surface area (Å²) in [6, 6.07) is 10.4. The lowest BCUT2D eigenvalue weighted by Crippen LogP contribution is -2.34. The first kappa shape index (κ1) is 12.7. The van der Waals surface area contributed by atoms with Gasteiger partial charge in [-0.05, 0) is 43.9 Å². The number of nitrogens with zero attached hydrogens (tertiary/aromatic N) is 1. The Balaban J connectivity index is 1.24. The molecule has 0 spiro atoms. The zero-order chi connectivity index (χ0) is 13.4. The van der Waals surface area contributed by atoms with Crippen LogP contribution in [0, 0.1) is 0 Å². The van der Waals surface area contributed by atoms with Gasteiger partial charge in [-0.2, -0.15) is 0 Å². The maximum absolute atomic E-state index is 3.78. The van der Waals surface area contributed by atoms with Gasteiger partial charge in [0.2, 0.25) is 0 Å². The lowest BCUT2D eigenvalue weighted by atomic mass is 9.98. The molecule has 3 heteroatoms. The zero-order valence-electron chi connectivity index (χ0n) is 12.1. The van der Waals surface area contributed by atoms with Crippen LogP contribution in [0.2, 0.25) is 0 Å². The van der Waals surface area contributed by atoms with Gasteiger partial charge in [0.25, 0.3) is 0 Å². The second-order valence-corrected chi connectivity index (χ2v) is 6.62. The SMILES string of the molecule is c1ccc2c(c1)NCC2CCNC1CCN(C2CC2)C1. The zero-order valence-corrected chi connectivity index (χ0v) is 12.1. The van der Waals surface area contributed by atoms with Crippen LogP contribution >= 0.6 is 0 Å². The number of hydrogen-bond acceptors (Lipinski definition) is 3. The van der Waals surface area contributed by atoms with Crippen molar-refractivity contribution < 1.29 is 0 Å². The summed E-state index contributed by atoms with van der Waals surface area (Å²) in [7, 11) is 0. The largest absolute Gasteiger partial charge is 0.384 e. The molecule has 0 amide bonds. The van der Waals surface area contributed by atoms with Gasteiger partial charge in [-0.1, -0.05) is 18.2 Å². The lowest BCUT2D eigenvalue weighted by molar-refractivity contribution is 0.317. The minimum absolute atomic E-state index is 0.694. The van der Waals surface area contributed by atoms with E-state index in [4.69, 9.17) is 0 Å². The van der Waals surface area contributed by atoms with Crippen molar-refractivity contribution in [3.8, 4) is 0 Å². The summed E-state index contributed by atoms with van der Waals surface area (Å²) in [6.07, 6.45) is 5.48. The molecule has 1 saturated heterocycles. The predicted octanol–water partition coefficient (Wildman–Crippen LogP) is 2.41. The summed E-state index contributed by atoms with van der Waals surface area (Å²) in [6.45, 7) is 4.87. The highest BCUT2D eigenvalue weighted by Crippen LogP contribution is 2.33. The van der Waals surface area contributed by atoms with Crippen LogP contribution in [-0.2, 0) is 0 Å². The Hall–Kier alpha value is -1.06. The van der Waals surface area contributed by atoms with Gasteiger partial charge in [-0.3, -0.25) is 4.90 Å². The molecule has 4 rings (SSSR count). The van der Waals surface area contributed by atoms with Crippen LogP contribution in [0.3, 0.4) is 0 Å². The Morgan fingerprint density at radius 2 is 2.10 bits per heavy atom. The van der Waals surface area contributed by atoms with Gasteiger partial charge in [0.15, 0.2) is 0 Å². The molecule has 2 fully saturated rings. The molecular formula is C17H25N3. The third-order valence-electron chi connectivity index (χ3n) is 5.15. The summed E-state index contributed by atoms with van der Waals surface area (Å²) in [5, 5.41) is 7.31. The first-order chi connectivity index (χ1) is 9.90. The molecule has 0 radical (unpaired) electrons. The normalized spacial score (nSPS) is 29.4. The van der Waals surface area contributed by atoms with Crippen LogP contribution in [-0.4, -0.2) is 43.2 Å². The summed E-state index contributed by atoms with van der Waals surface area (Å²) in [5.41, 5.74) is 2.86. The molecule has 0 aromatic heterocycles. The monoisotopic (exact) mass is 271 g/mol. The molecule has 2 atom stereocenters. The highest BCUT2D eigenvalue weighted by molar-refractivity contribution is 5.57. The van der Waals surface area contributed by atoms with Gasteiger partial charge in [0.1, 0.15) is 0 Å². The van der Waals surface area contributed by atoms with E-state index in [9.17, 15) is 0 Å². The average Bonchev–Trinajstić information content (AvgIpc) is 3.09. The van der Waals surface area contributed by atoms with E-state index in [0.29, 0.717) is 5.92 Å². The van der Waals surface area contributed by atoms with Crippen molar-refractivity contribution in [2.45, 2.75) is 43.7 Å². The van der Waals surface area contributed by atoms with E-state index in [2.05, 4.69) is 39.8 Å². The van der Waals surface area contributed by atoms with Crippen molar-refractivity contribution in [2.24, 2.45) is 0 Å². The molecular weight excluding hydrogens is 246 g/mol. The summed E-state index contributed by atoms with van der Waals surface area (Å²) >= 11 is 0. The Morgan fingerprint density at radius 3 is 3.00 bits per heavy atom. The van der Waals surface area contributed by atoms with Crippen LogP contribution in [0.5, 0.6) is 0 Å². The number of hydrogen-bond donors (Lipinski definition) is 2. The highest BCUT2D eigenvalue weighted by atomic mass is 15.2.